The van der Waals surface area contributed by atoms with Crippen molar-refractivity contribution in [3.63, 3.8) is 0 Å². The lowest BCUT2D eigenvalue weighted by Gasteiger charge is -2.22. The minimum absolute atomic E-state index is 0.695. The molecular weight excluding hydrogens is 242 g/mol. The smallest absolute Gasteiger partial charge is 0.0738 e. The van der Waals surface area contributed by atoms with Crippen LogP contribution in [0.4, 0.5) is 0 Å². The molecule has 0 N–H and O–H groups in total. The predicted molar refractivity (Wildman–Crippen MR) is 84.4 cm³/mol. The van der Waals surface area contributed by atoms with Gasteiger partial charge in [0.05, 0.1) is 6.00 Å². The number of nitrogens with zero attached hydrogens (tertiary/aromatic N) is 1. The molecule has 2 heteroatoms. The van der Waals surface area contributed by atoms with Crippen molar-refractivity contribution < 1.29 is 0 Å². The van der Waals surface area contributed by atoms with Crippen molar-refractivity contribution in [2.24, 2.45) is 5.92 Å². The van der Waals surface area contributed by atoms with E-state index in [9.17, 15) is 0 Å². The fourth-order valence-electron chi connectivity index (χ4n) is 2.24. The minimum atomic E-state index is 0.695. The molecule has 0 aliphatic heterocycles. The molecule has 0 saturated heterocycles. The molecule has 0 aromatic carbocycles. The van der Waals surface area contributed by atoms with Gasteiger partial charge in [-0.15, -0.1) is 11.6 Å². The molecule has 0 amide bonds. The van der Waals surface area contributed by atoms with Gasteiger partial charge in [0, 0.05) is 6.54 Å². The molecule has 0 bridgehead atoms. The number of alkyl halides is 1. The molecule has 0 aromatic rings. The molecule has 0 rings (SSSR count). The zero-order valence-electron chi connectivity index (χ0n) is 12.9. The van der Waals surface area contributed by atoms with Crippen LogP contribution in [0.25, 0.3) is 0 Å². The van der Waals surface area contributed by atoms with Gasteiger partial charge in [0.15, 0.2) is 0 Å². The van der Waals surface area contributed by atoms with Crippen LogP contribution in [-0.2, 0) is 0 Å². The van der Waals surface area contributed by atoms with Crippen molar-refractivity contribution in [2.75, 3.05) is 19.1 Å². The third-order valence-corrected chi connectivity index (χ3v) is 4.10. The van der Waals surface area contributed by atoms with Gasteiger partial charge in [-0.3, -0.25) is 4.90 Å². The summed E-state index contributed by atoms with van der Waals surface area (Å²) in [5, 5.41) is 0. The molecule has 0 aliphatic rings. The number of rotatable bonds is 13. The second-order valence-corrected chi connectivity index (χ2v) is 5.92. The molecule has 0 heterocycles. The van der Waals surface area contributed by atoms with Gasteiger partial charge in [-0.05, 0) is 18.9 Å². The van der Waals surface area contributed by atoms with E-state index in [4.69, 9.17) is 11.6 Å². The van der Waals surface area contributed by atoms with E-state index in [1.54, 1.807) is 0 Å². The zero-order valence-corrected chi connectivity index (χ0v) is 13.6. The Morgan fingerprint density at radius 3 is 1.94 bits per heavy atom. The van der Waals surface area contributed by atoms with E-state index in [0.29, 0.717) is 6.00 Å². The first-order chi connectivity index (χ1) is 8.74. The van der Waals surface area contributed by atoms with Crippen LogP contribution >= 0.6 is 11.6 Å². The maximum absolute atomic E-state index is 5.99. The molecule has 0 fully saturated rings. The Labute approximate surface area is 120 Å². The largest absolute Gasteiger partial charge is 0.290 e. The zero-order chi connectivity index (χ0) is 13.6. The van der Waals surface area contributed by atoms with E-state index in [-0.39, 0.29) is 0 Å². The predicted octanol–water partition coefficient (Wildman–Crippen LogP) is 5.67. The highest BCUT2D eigenvalue weighted by Gasteiger charge is 2.07. The Kier molecular flexibility index (Phi) is 13.9. The van der Waals surface area contributed by atoms with Gasteiger partial charge in [0.1, 0.15) is 0 Å². The third kappa shape index (κ3) is 11.3. The summed E-state index contributed by atoms with van der Waals surface area (Å²) >= 11 is 5.99. The van der Waals surface area contributed by atoms with Crippen LogP contribution < -0.4 is 0 Å². The molecular formula is C16H34ClN. The Hall–Kier alpha value is 0.250. The molecule has 18 heavy (non-hydrogen) atoms. The lowest BCUT2D eigenvalue weighted by molar-refractivity contribution is 0.263. The summed E-state index contributed by atoms with van der Waals surface area (Å²) in [5.41, 5.74) is 0. The summed E-state index contributed by atoms with van der Waals surface area (Å²) in [6, 6.07) is 0.695. The second kappa shape index (κ2) is 13.7. The van der Waals surface area contributed by atoms with Gasteiger partial charge < -0.3 is 0 Å². The summed E-state index contributed by atoms with van der Waals surface area (Å²) in [4.78, 5) is 2.40. The quantitative estimate of drug-likeness (QED) is 0.238. The highest BCUT2D eigenvalue weighted by Crippen LogP contribution is 2.10. The number of hydrogen-bond acceptors (Lipinski definition) is 1. The number of unbranched alkanes of at least 4 members (excludes halogenated alkanes) is 7. The molecule has 1 nitrogen and oxygen atoms in total. The van der Waals surface area contributed by atoms with Gasteiger partial charge in [-0.1, -0.05) is 72.1 Å². The van der Waals surface area contributed by atoms with E-state index in [0.717, 1.165) is 12.5 Å². The molecule has 0 aromatic heterocycles. The Balaban J connectivity index is 3.34. The monoisotopic (exact) mass is 275 g/mol. The lowest BCUT2D eigenvalue weighted by atomic mass is 10.1. The Morgan fingerprint density at radius 1 is 0.889 bits per heavy atom. The normalized spacial score (nSPS) is 13.2. The molecule has 110 valence electrons. The number of halogens is 1. The van der Waals surface area contributed by atoms with E-state index >= 15 is 0 Å². The number of hydrogen-bond donors (Lipinski definition) is 0. The fourth-order valence-corrected chi connectivity index (χ4v) is 2.46. The third-order valence-electron chi connectivity index (χ3n) is 3.76. The van der Waals surface area contributed by atoms with Crippen molar-refractivity contribution in [3.8, 4) is 0 Å². The van der Waals surface area contributed by atoms with E-state index in [2.05, 4.69) is 25.7 Å². The minimum Gasteiger partial charge on any atom is -0.290 e. The van der Waals surface area contributed by atoms with Crippen molar-refractivity contribution in [2.45, 2.75) is 78.6 Å². The van der Waals surface area contributed by atoms with Gasteiger partial charge >= 0.3 is 0 Å². The average Bonchev–Trinajstić information content (AvgIpc) is 2.40. The van der Waals surface area contributed by atoms with Crippen molar-refractivity contribution in [1.29, 1.82) is 0 Å². The average molecular weight is 276 g/mol. The highest BCUT2D eigenvalue weighted by molar-refractivity contribution is 6.17. The van der Waals surface area contributed by atoms with Crippen molar-refractivity contribution >= 4 is 11.6 Å². The van der Waals surface area contributed by atoms with E-state index < -0.39 is 0 Å². The van der Waals surface area contributed by atoms with Gasteiger partial charge in [0.25, 0.3) is 0 Å². The Bertz CT molecular complexity index is 161. The first-order valence-electron chi connectivity index (χ1n) is 8.02. The van der Waals surface area contributed by atoms with Crippen LogP contribution in [0.1, 0.15) is 78.6 Å². The summed E-state index contributed by atoms with van der Waals surface area (Å²) < 4.78 is 0. The van der Waals surface area contributed by atoms with Gasteiger partial charge in [-0.2, -0.15) is 0 Å². The maximum Gasteiger partial charge on any atom is 0.0738 e. The standard InChI is InChI=1S/C16H34ClN/c1-4-6-7-8-9-10-11-12-13-18(15-17)14-16(3)5-2/h16H,4-15H2,1-3H3. The Morgan fingerprint density at radius 2 is 1.44 bits per heavy atom. The second-order valence-electron chi connectivity index (χ2n) is 5.68. The summed E-state index contributed by atoms with van der Waals surface area (Å²) in [7, 11) is 0. The summed E-state index contributed by atoms with van der Waals surface area (Å²) in [5.74, 6) is 0.776. The molecule has 0 saturated carbocycles. The van der Waals surface area contributed by atoms with Crippen molar-refractivity contribution in [1.82, 2.24) is 4.90 Å². The molecule has 1 unspecified atom stereocenters. The molecule has 0 spiro atoms. The first kappa shape index (κ1) is 18.2. The molecule has 0 radical (unpaired) electrons. The van der Waals surface area contributed by atoms with Gasteiger partial charge in [0.2, 0.25) is 0 Å². The van der Waals surface area contributed by atoms with Crippen LogP contribution in [0.3, 0.4) is 0 Å². The van der Waals surface area contributed by atoms with Crippen LogP contribution in [0.15, 0.2) is 0 Å². The van der Waals surface area contributed by atoms with E-state index in [1.165, 1.54) is 64.3 Å². The molecule has 1 atom stereocenters. The SMILES string of the molecule is CCCCCCCCCCN(CCl)CC(C)CC. The topological polar surface area (TPSA) is 3.24 Å². The molecule has 0 aliphatic carbocycles. The van der Waals surface area contributed by atoms with Crippen LogP contribution in [0.2, 0.25) is 0 Å². The van der Waals surface area contributed by atoms with Crippen LogP contribution in [-0.4, -0.2) is 24.0 Å². The maximum atomic E-state index is 5.99. The van der Waals surface area contributed by atoms with Crippen molar-refractivity contribution in [3.05, 3.63) is 0 Å². The lowest BCUT2D eigenvalue weighted by Crippen LogP contribution is -2.28. The fraction of sp³-hybridized carbons (Fsp3) is 1.00. The first-order valence-corrected chi connectivity index (χ1v) is 8.56. The summed E-state index contributed by atoms with van der Waals surface area (Å²) in [6.45, 7) is 9.19. The van der Waals surface area contributed by atoms with E-state index in [1.807, 2.05) is 0 Å². The van der Waals surface area contributed by atoms with Crippen LogP contribution in [0, 0.1) is 5.92 Å². The highest BCUT2D eigenvalue weighted by atomic mass is 35.5. The van der Waals surface area contributed by atoms with Gasteiger partial charge in [-0.25, -0.2) is 0 Å². The summed E-state index contributed by atoms with van der Waals surface area (Å²) in [6.07, 6.45) is 12.4. The van der Waals surface area contributed by atoms with Crippen LogP contribution in [0.5, 0.6) is 0 Å².